The molecule has 1 spiro atoms. The molecular formula is C34H50O6. The Balaban J connectivity index is 1.45. The number of carbonyl (C=O) groups is 2. The van der Waals surface area contributed by atoms with E-state index in [-0.39, 0.29) is 39.1 Å². The van der Waals surface area contributed by atoms with Crippen LogP contribution in [0, 0.1) is 44.8 Å². The molecule has 2 bridgehead atoms. The first-order chi connectivity index (χ1) is 18.4. The molecule has 0 aromatic rings. The fourth-order valence-electron chi connectivity index (χ4n) is 11.3. The molecule has 0 radical (unpaired) electrons. The van der Waals surface area contributed by atoms with Gasteiger partial charge in [0.15, 0.2) is 5.79 Å². The van der Waals surface area contributed by atoms with Gasteiger partial charge in [-0.3, -0.25) is 4.79 Å². The van der Waals surface area contributed by atoms with Crippen molar-refractivity contribution in [3.63, 3.8) is 0 Å². The van der Waals surface area contributed by atoms with Gasteiger partial charge in [0, 0.05) is 23.3 Å². The molecule has 6 aliphatic rings. The molecule has 6 rings (SSSR count). The average Bonchev–Trinajstić information content (AvgIpc) is 3.29. The van der Waals surface area contributed by atoms with Crippen molar-refractivity contribution in [2.45, 2.75) is 131 Å². The standard InChI is InChI=1S/C34H50O6/c1-9-20(2)26(35)39-25-19-28(3,4)18-22-21-10-11-24-31(8,30(21,7)14-15-32(22,25)27(36)37)13-12-23-29(5,6)34(38)17-16-33(23,24)40-34/h9-10,22-25,38H,11-19H2,1-8H3,(H,36,37)/b20-9-/t22-,23-,24-,25+,30+,31+,32-,33+,34-/m0/s1. The first-order valence-corrected chi connectivity index (χ1v) is 15.6. The highest BCUT2D eigenvalue weighted by molar-refractivity contribution is 5.88. The molecule has 6 nitrogen and oxygen atoms in total. The molecule has 2 heterocycles. The molecule has 40 heavy (non-hydrogen) atoms. The molecule has 0 aromatic heterocycles. The average molecular weight is 555 g/mol. The van der Waals surface area contributed by atoms with Crippen LogP contribution in [0.1, 0.15) is 113 Å². The maximum Gasteiger partial charge on any atom is 0.333 e. The highest BCUT2D eigenvalue weighted by Crippen LogP contribution is 2.78. The Morgan fingerprint density at radius 1 is 1.00 bits per heavy atom. The Morgan fingerprint density at radius 2 is 1.70 bits per heavy atom. The van der Waals surface area contributed by atoms with E-state index in [9.17, 15) is 19.8 Å². The van der Waals surface area contributed by atoms with Crippen molar-refractivity contribution in [3.8, 4) is 0 Å². The minimum Gasteiger partial charge on any atom is -0.481 e. The topological polar surface area (TPSA) is 93.1 Å². The van der Waals surface area contributed by atoms with Gasteiger partial charge in [-0.2, -0.15) is 0 Å². The Bertz CT molecular complexity index is 1210. The first-order valence-electron chi connectivity index (χ1n) is 15.6. The fourth-order valence-corrected chi connectivity index (χ4v) is 11.3. The van der Waals surface area contributed by atoms with Gasteiger partial charge >= 0.3 is 11.9 Å². The predicted octanol–water partition coefficient (Wildman–Crippen LogP) is 6.81. The Labute approximate surface area is 240 Å². The van der Waals surface area contributed by atoms with Crippen molar-refractivity contribution in [2.75, 3.05) is 0 Å². The number of aliphatic carboxylic acids is 1. The minimum absolute atomic E-state index is 0.0702. The van der Waals surface area contributed by atoms with E-state index >= 15 is 0 Å². The molecular weight excluding hydrogens is 504 g/mol. The third-order valence-electron chi connectivity index (χ3n) is 14.0. The summed E-state index contributed by atoms with van der Waals surface area (Å²) in [7, 11) is 0. The van der Waals surface area contributed by atoms with E-state index in [1.54, 1.807) is 13.0 Å². The van der Waals surface area contributed by atoms with E-state index in [1.165, 1.54) is 5.57 Å². The van der Waals surface area contributed by atoms with E-state index in [0.29, 0.717) is 30.8 Å². The molecule has 5 fully saturated rings. The summed E-state index contributed by atoms with van der Waals surface area (Å²) >= 11 is 0. The SMILES string of the molecule is C/C=C(/C)C(=O)O[C@@H]1CC(C)(C)C[C@H]2C3=CC[C@@H]4[C@]56CC[C@](O)(O5)C(C)(C)[C@@H]6CC[C@@]4(C)[C@]3(C)CC[C@@]12C(=O)O. The molecule has 0 unspecified atom stereocenters. The van der Waals surface area contributed by atoms with E-state index < -0.39 is 29.2 Å². The number of fused-ring (bicyclic) bond motifs is 6. The molecule has 3 saturated carbocycles. The third kappa shape index (κ3) is 3.19. The lowest BCUT2D eigenvalue weighted by molar-refractivity contribution is -0.242. The summed E-state index contributed by atoms with van der Waals surface area (Å²) in [5.41, 5.74) is -0.355. The van der Waals surface area contributed by atoms with Crippen molar-refractivity contribution < 1.29 is 29.3 Å². The molecule has 4 aliphatic carbocycles. The number of hydrogen-bond donors (Lipinski definition) is 2. The minimum atomic E-state index is -1.12. The maximum atomic E-state index is 13.4. The van der Waals surface area contributed by atoms with Crippen molar-refractivity contribution in [1.29, 1.82) is 0 Å². The first kappa shape index (κ1) is 28.5. The van der Waals surface area contributed by atoms with Gasteiger partial charge in [-0.15, -0.1) is 0 Å². The number of hydrogen-bond acceptors (Lipinski definition) is 5. The smallest absolute Gasteiger partial charge is 0.333 e. The van der Waals surface area contributed by atoms with Crippen LogP contribution in [0.4, 0.5) is 0 Å². The van der Waals surface area contributed by atoms with Crippen LogP contribution in [-0.2, 0) is 19.1 Å². The Kier molecular flexibility index (Phi) is 5.87. The van der Waals surface area contributed by atoms with Crippen LogP contribution < -0.4 is 0 Å². The lowest BCUT2D eigenvalue weighted by atomic mass is 9.35. The fraction of sp³-hybridized carbons (Fsp3) is 0.824. The Hall–Kier alpha value is -1.66. The molecule has 0 aromatic carbocycles. The van der Waals surface area contributed by atoms with E-state index in [4.69, 9.17) is 9.47 Å². The number of aliphatic hydroxyl groups is 1. The van der Waals surface area contributed by atoms with Crippen molar-refractivity contribution in [1.82, 2.24) is 0 Å². The van der Waals surface area contributed by atoms with E-state index in [1.807, 2.05) is 6.92 Å². The third-order valence-corrected chi connectivity index (χ3v) is 14.0. The number of rotatable bonds is 3. The van der Waals surface area contributed by atoms with Crippen LogP contribution in [0.25, 0.3) is 0 Å². The van der Waals surface area contributed by atoms with Crippen LogP contribution in [-0.4, -0.2) is 39.6 Å². The molecule has 2 aliphatic heterocycles. The molecule has 2 N–H and O–H groups in total. The number of allylic oxidation sites excluding steroid dienone is 3. The second-order valence-corrected chi connectivity index (χ2v) is 16.2. The molecule has 9 atom stereocenters. The van der Waals surface area contributed by atoms with Crippen LogP contribution >= 0.6 is 0 Å². The number of carbonyl (C=O) groups excluding carboxylic acids is 1. The molecule has 6 heteroatoms. The van der Waals surface area contributed by atoms with Crippen molar-refractivity contribution in [3.05, 3.63) is 23.3 Å². The quantitative estimate of drug-likeness (QED) is 0.226. The second-order valence-electron chi connectivity index (χ2n) is 16.2. The lowest BCUT2D eigenvalue weighted by Gasteiger charge is -2.68. The highest BCUT2D eigenvalue weighted by Gasteiger charge is 2.78. The van der Waals surface area contributed by atoms with Gasteiger partial charge in [-0.1, -0.05) is 59.3 Å². The van der Waals surface area contributed by atoms with Gasteiger partial charge < -0.3 is 19.7 Å². The van der Waals surface area contributed by atoms with Gasteiger partial charge in [0.05, 0.1) is 5.60 Å². The summed E-state index contributed by atoms with van der Waals surface area (Å²) in [5, 5.41) is 22.5. The van der Waals surface area contributed by atoms with Crippen LogP contribution in [0.2, 0.25) is 0 Å². The van der Waals surface area contributed by atoms with Crippen molar-refractivity contribution in [2.24, 2.45) is 44.8 Å². The van der Waals surface area contributed by atoms with Crippen LogP contribution in [0.5, 0.6) is 0 Å². The Morgan fingerprint density at radius 3 is 2.35 bits per heavy atom. The summed E-state index contributed by atoms with van der Waals surface area (Å²) in [4.78, 5) is 26.4. The van der Waals surface area contributed by atoms with Crippen molar-refractivity contribution >= 4 is 11.9 Å². The molecule has 0 amide bonds. The summed E-state index contributed by atoms with van der Waals surface area (Å²) in [6, 6.07) is 0. The summed E-state index contributed by atoms with van der Waals surface area (Å²) in [6.45, 7) is 17.1. The van der Waals surface area contributed by atoms with Gasteiger partial charge in [0.2, 0.25) is 0 Å². The van der Waals surface area contributed by atoms with E-state index in [0.717, 1.165) is 38.5 Å². The van der Waals surface area contributed by atoms with Crippen LogP contribution in [0.3, 0.4) is 0 Å². The molecule has 222 valence electrons. The predicted molar refractivity (Wildman–Crippen MR) is 152 cm³/mol. The normalized spacial score (nSPS) is 50.1. The zero-order valence-corrected chi connectivity index (χ0v) is 25.9. The van der Waals surface area contributed by atoms with Crippen LogP contribution in [0.15, 0.2) is 23.3 Å². The molecule has 2 saturated heterocycles. The van der Waals surface area contributed by atoms with Gasteiger partial charge in [0.25, 0.3) is 0 Å². The summed E-state index contributed by atoms with van der Waals surface area (Å²) in [5.74, 6) is -1.88. The monoisotopic (exact) mass is 554 g/mol. The van der Waals surface area contributed by atoms with Gasteiger partial charge in [0.1, 0.15) is 11.5 Å². The second kappa shape index (κ2) is 8.24. The number of esters is 1. The number of ether oxygens (including phenoxy) is 2. The number of carboxylic acid groups (broad SMARTS) is 1. The van der Waals surface area contributed by atoms with E-state index in [2.05, 4.69) is 47.6 Å². The summed E-state index contributed by atoms with van der Waals surface area (Å²) < 4.78 is 12.9. The lowest BCUT2D eigenvalue weighted by Crippen LogP contribution is -2.66. The number of carboxylic acids is 1. The van der Waals surface area contributed by atoms with Gasteiger partial charge in [-0.05, 0) is 93.3 Å². The maximum absolute atomic E-state index is 13.4. The summed E-state index contributed by atoms with van der Waals surface area (Å²) in [6.07, 6.45) is 10.5. The zero-order valence-electron chi connectivity index (χ0n) is 25.9. The zero-order chi connectivity index (χ0) is 29.3. The highest BCUT2D eigenvalue weighted by atomic mass is 16.7. The van der Waals surface area contributed by atoms with Gasteiger partial charge in [-0.25, -0.2) is 4.79 Å². The largest absolute Gasteiger partial charge is 0.481 e.